The standard InChI is InChI=1S/C14H13ClO2/c15-9-12-3-1-2-4-14(12)17-10-11-5-7-13(16)8-6-11/h1-8,16H,9-10H2. The first kappa shape index (κ1) is 11.8. The van der Waals surface area contributed by atoms with Crippen LogP contribution >= 0.6 is 11.6 Å². The van der Waals surface area contributed by atoms with Crippen LogP contribution in [0.5, 0.6) is 11.5 Å². The molecule has 1 N–H and O–H groups in total. The van der Waals surface area contributed by atoms with E-state index < -0.39 is 0 Å². The highest BCUT2D eigenvalue weighted by Gasteiger charge is 2.01. The van der Waals surface area contributed by atoms with E-state index >= 15 is 0 Å². The Kier molecular flexibility index (Phi) is 3.89. The topological polar surface area (TPSA) is 29.5 Å². The maximum Gasteiger partial charge on any atom is 0.124 e. The Labute approximate surface area is 105 Å². The van der Waals surface area contributed by atoms with Gasteiger partial charge < -0.3 is 9.84 Å². The molecule has 0 radical (unpaired) electrons. The van der Waals surface area contributed by atoms with E-state index in [1.807, 2.05) is 36.4 Å². The SMILES string of the molecule is Oc1ccc(COc2ccccc2CCl)cc1. The van der Waals surface area contributed by atoms with E-state index in [0.717, 1.165) is 16.9 Å². The van der Waals surface area contributed by atoms with Gasteiger partial charge in [0.15, 0.2) is 0 Å². The van der Waals surface area contributed by atoms with Gasteiger partial charge in [0.1, 0.15) is 18.1 Å². The van der Waals surface area contributed by atoms with Crippen LogP contribution in [0.3, 0.4) is 0 Å². The lowest BCUT2D eigenvalue weighted by Crippen LogP contribution is -1.97. The minimum Gasteiger partial charge on any atom is -0.508 e. The summed E-state index contributed by atoms with van der Waals surface area (Å²) in [7, 11) is 0. The number of benzene rings is 2. The highest BCUT2D eigenvalue weighted by molar-refractivity contribution is 6.17. The van der Waals surface area contributed by atoms with Crippen molar-refractivity contribution in [1.29, 1.82) is 0 Å². The number of hydrogen-bond donors (Lipinski definition) is 1. The summed E-state index contributed by atoms with van der Waals surface area (Å²) in [6, 6.07) is 14.7. The number of para-hydroxylation sites is 1. The summed E-state index contributed by atoms with van der Waals surface area (Å²) in [5, 5.41) is 9.17. The maximum absolute atomic E-state index is 9.17. The largest absolute Gasteiger partial charge is 0.508 e. The van der Waals surface area contributed by atoms with Crippen LogP contribution in [0.15, 0.2) is 48.5 Å². The lowest BCUT2D eigenvalue weighted by atomic mass is 10.2. The molecule has 2 aromatic carbocycles. The zero-order valence-corrected chi connectivity index (χ0v) is 10.0. The van der Waals surface area contributed by atoms with E-state index in [9.17, 15) is 0 Å². The molecule has 0 saturated carbocycles. The van der Waals surface area contributed by atoms with E-state index in [1.165, 1.54) is 0 Å². The number of phenols is 1. The molecule has 0 unspecified atom stereocenters. The molecule has 0 aliphatic rings. The fraction of sp³-hybridized carbons (Fsp3) is 0.143. The van der Waals surface area contributed by atoms with Crippen LogP contribution in [0, 0.1) is 0 Å². The van der Waals surface area contributed by atoms with Gasteiger partial charge in [0.25, 0.3) is 0 Å². The van der Waals surface area contributed by atoms with Crippen molar-refractivity contribution < 1.29 is 9.84 Å². The van der Waals surface area contributed by atoms with Gasteiger partial charge in [-0.05, 0) is 23.8 Å². The first-order valence-electron chi connectivity index (χ1n) is 5.34. The molecule has 0 aliphatic carbocycles. The number of hydrogen-bond acceptors (Lipinski definition) is 2. The van der Waals surface area contributed by atoms with Gasteiger partial charge in [-0.2, -0.15) is 0 Å². The number of ether oxygens (including phenoxy) is 1. The number of phenolic OH excluding ortho intramolecular Hbond substituents is 1. The van der Waals surface area contributed by atoms with Crippen molar-refractivity contribution in [3.8, 4) is 11.5 Å². The molecule has 0 spiro atoms. The molecule has 3 heteroatoms. The lowest BCUT2D eigenvalue weighted by Gasteiger charge is -2.09. The zero-order chi connectivity index (χ0) is 12.1. The molecular formula is C14H13ClO2. The molecule has 88 valence electrons. The monoisotopic (exact) mass is 248 g/mol. The summed E-state index contributed by atoms with van der Waals surface area (Å²) in [5.41, 5.74) is 1.99. The highest BCUT2D eigenvalue weighted by Crippen LogP contribution is 2.21. The smallest absolute Gasteiger partial charge is 0.124 e. The lowest BCUT2D eigenvalue weighted by molar-refractivity contribution is 0.303. The maximum atomic E-state index is 9.17. The number of halogens is 1. The number of aromatic hydroxyl groups is 1. The zero-order valence-electron chi connectivity index (χ0n) is 9.27. The average Bonchev–Trinajstić information content (AvgIpc) is 2.38. The van der Waals surface area contributed by atoms with Crippen molar-refractivity contribution in [3.63, 3.8) is 0 Å². The van der Waals surface area contributed by atoms with Crippen LogP contribution in [-0.4, -0.2) is 5.11 Å². The Morgan fingerprint density at radius 3 is 2.41 bits per heavy atom. The first-order chi connectivity index (χ1) is 8.29. The first-order valence-corrected chi connectivity index (χ1v) is 5.87. The molecule has 0 aromatic heterocycles. The summed E-state index contributed by atoms with van der Waals surface area (Å²) in [6.07, 6.45) is 0. The summed E-state index contributed by atoms with van der Waals surface area (Å²) in [6.45, 7) is 0.466. The third-order valence-electron chi connectivity index (χ3n) is 2.45. The predicted octanol–water partition coefficient (Wildman–Crippen LogP) is 3.71. The second-order valence-electron chi connectivity index (χ2n) is 3.70. The molecule has 2 aromatic rings. The minimum absolute atomic E-state index is 0.259. The van der Waals surface area contributed by atoms with Crippen LogP contribution in [-0.2, 0) is 12.5 Å². The normalized spacial score (nSPS) is 10.2. The number of alkyl halides is 1. The quantitative estimate of drug-likeness (QED) is 0.836. The van der Waals surface area contributed by atoms with E-state index in [2.05, 4.69) is 0 Å². The molecular weight excluding hydrogens is 236 g/mol. The van der Waals surface area contributed by atoms with Gasteiger partial charge in [-0.1, -0.05) is 30.3 Å². The van der Waals surface area contributed by atoms with Crippen molar-refractivity contribution >= 4 is 11.6 Å². The summed E-state index contributed by atoms with van der Waals surface area (Å²) in [5.74, 6) is 1.50. The van der Waals surface area contributed by atoms with Gasteiger partial charge >= 0.3 is 0 Å². The molecule has 0 heterocycles. The molecule has 0 amide bonds. The second kappa shape index (κ2) is 5.60. The Morgan fingerprint density at radius 2 is 1.71 bits per heavy atom. The van der Waals surface area contributed by atoms with E-state index in [1.54, 1.807) is 12.1 Å². The second-order valence-corrected chi connectivity index (χ2v) is 3.96. The van der Waals surface area contributed by atoms with E-state index in [4.69, 9.17) is 21.4 Å². The number of rotatable bonds is 4. The van der Waals surface area contributed by atoms with Crippen molar-refractivity contribution in [2.24, 2.45) is 0 Å². The van der Waals surface area contributed by atoms with Crippen molar-refractivity contribution in [3.05, 3.63) is 59.7 Å². The molecule has 0 atom stereocenters. The van der Waals surface area contributed by atoms with Crippen LogP contribution in [0.4, 0.5) is 0 Å². The van der Waals surface area contributed by atoms with E-state index in [-0.39, 0.29) is 5.75 Å². The highest BCUT2D eigenvalue weighted by atomic mass is 35.5. The molecule has 0 fully saturated rings. The summed E-state index contributed by atoms with van der Waals surface area (Å²) in [4.78, 5) is 0. The van der Waals surface area contributed by atoms with Crippen molar-refractivity contribution in [2.45, 2.75) is 12.5 Å². The van der Waals surface area contributed by atoms with Gasteiger partial charge in [0.2, 0.25) is 0 Å². The third kappa shape index (κ3) is 3.14. The van der Waals surface area contributed by atoms with Gasteiger partial charge in [0.05, 0.1) is 5.88 Å². The molecule has 0 saturated heterocycles. The summed E-state index contributed by atoms with van der Waals surface area (Å²) >= 11 is 5.82. The average molecular weight is 249 g/mol. The Balaban J connectivity index is 2.04. The minimum atomic E-state index is 0.259. The Bertz CT molecular complexity index is 480. The molecule has 17 heavy (non-hydrogen) atoms. The fourth-order valence-corrected chi connectivity index (χ4v) is 1.73. The van der Waals surface area contributed by atoms with Gasteiger partial charge in [-0.15, -0.1) is 11.6 Å². The summed E-state index contributed by atoms with van der Waals surface area (Å²) < 4.78 is 5.69. The van der Waals surface area contributed by atoms with Gasteiger partial charge in [0, 0.05) is 5.56 Å². The van der Waals surface area contributed by atoms with Crippen LogP contribution in [0.25, 0.3) is 0 Å². The van der Waals surface area contributed by atoms with Crippen molar-refractivity contribution in [2.75, 3.05) is 0 Å². The molecule has 0 bridgehead atoms. The predicted molar refractivity (Wildman–Crippen MR) is 68.4 cm³/mol. The Morgan fingerprint density at radius 1 is 1.00 bits per heavy atom. The van der Waals surface area contributed by atoms with Crippen LogP contribution in [0.2, 0.25) is 0 Å². The van der Waals surface area contributed by atoms with E-state index in [0.29, 0.717) is 12.5 Å². The van der Waals surface area contributed by atoms with Crippen molar-refractivity contribution in [1.82, 2.24) is 0 Å². The van der Waals surface area contributed by atoms with Gasteiger partial charge in [-0.3, -0.25) is 0 Å². The van der Waals surface area contributed by atoms with Crippen LogP contribution in [0.1, 0.15) is 11.1 Å². The third-order valence-corrected chi connectivity index (χ3v) is 2.74. The van der Waals surface area contributed by atoms with Gasteiger partial charge in [-0.25, -0.2) is 0 Å². The Hall–Kier alpha value is -1.67. The molecule has 0 aliphatic heterocycles. The molecule has 2 nitrogen and oxygen atoms in total. The fourth-order valence-electron chi connectivity index (χ4n) is 1.51. The molecule has 2 rings (SSSR count). The van der Waals surface area contributed by atoms with Crippen LogP contribution < -0.4 is 4.74 Å².